The molecule has 0 radical (unpaired) electrons. The van der Waals surface area contributed by atoms with Gasteiger partial charge in [0.05, 0.1) is 17.2 Å². The number of methoxy groups -OCH3 is 1. The zero-order valence-electron chi connectivity index (χ0n) is 14.7. The number of para-hydroxylation sites is 1. The molecule has 1 atom stereocenters. The molecule has 0 aromatic heterocycles. The van der Waals surface area contributed by atoms with Crippen molar-refractivity contribution in [1.82, 2.24) is 5.32 Å². The molecular formula is C19H20Cl2N2O2S. The third kappa shape index (κ3) is 4.87. The molecule has 138 valence electrons. The average Bonchev–Trinajstić information content (AvgIpc) is 2.61. The van der Waals surface area contributed by atoms with E-state index in [1.165, 1.54) is 19.2 Å². The fraction of sp³-hybridized carbons (Fsp3) is 0.263. The van der Waals surface area contributed by atoms with E-state index >= 15 is 0 Å². The molecule has 2 aromatic rings. The topological polar surface area (TPSA) is 50.4 Å². The number of halogens is 2. The first-order valence-electron chi connectivity index (χ1n) is 8.11. The molecular weight excluding hydrogens is 391 g/mol. The lowest BCUT2D eigenvalue weighted by molar-refractivity contribution is 0.0977. The molecule has 0 bridgehead atoms. The van der Waals surface area contributed by atoms with Gasteiger partial charge in [-0.1, -0.05) is 55.2 Å². The van der Waals surface area contributed by atoms with Crippen LogP contribution in [0.4, 0.5) is 5.69 Å². The maximum absolute atomic E-state index is 12.4. The predicted molar refractivity (Wildman–Crippen MR) is 112 cm³/mol. The SMILES string of the molecule is CC[C@@H](C)c1ccccc1NC(=S)NC(=O)c1cc(Cl)c(OC)c(Cl)c1. The molecule has 2 N–H and O–H groups in total. The lowest BCUT2D eigenvalue weighted by atomic mass is 9.97. The molecule has 0 saturated heterocycles. The van der Waals surface area contributed by atoms with E-state index in [0.717, 1.165) is 17.7 Å². The number of carbonyl (C=O) groups excluding carboxylic acids is 1. The number of hydrogen-bond acceptors (Lipinski definition) is 3. The Labute approximate surface area is 168 Å². The Balaban J connectivity index is 2.13. The highest BCUT2D eigenvalue weighted by molar-refractivity contribution is 7.80. The highest BCUT2D eigenvalue weighted by Gasteiger charge is 2.15. The van der Waals surface area contributed by atoms with Crippen molar-refractivity contribution in [2.75, 3.05) is 12.4 Å². The van der Waals surface area contributed by atoms with Gasteiger partial charge in [-0.2, -0.15) is 0 Å². The van der Waals surface area contributed by atoms with Gasteiger partial charge in [-0.05, 0) is 48.3 Å². The molecule has 26 heavy (non-hydrogen) atoms. The first-order chi connectivity index (χ1) is 12.4. The van der Waals surface area contributed by atoms with Gasteiger partial charge in [0.2, 0.25) is 0 Å². The Bertz CT molecular complexity index is 804. The Kier molecular flexibility index (Phi) is 7.26. The van der Waals surface area contributed by atoms with Gasteiger partial charge in [0, 0.05) is 11.3 Å². The van der Waals surface area contributed by atoms with Crippen molar-refractivity contribution in [1.29, 1.82) is 0 Å². The molecule has 0 spiro atoms. The average molecular weight is 411 g/mol. The lowest BCUT2D eigenvalue weighted by Gasteiger charge is -2.17. The number of benzene rings is 2. The summed E-state index contributed by atoms with van der Waals surface area (Å²) >= 11 is 17.4. The minimum Gasteiger partial charge on any atom is -0.494 e. The predicted octanol–water partition coefficient (Wildman–Crippen LogP) is 5.64. The first kappa shape index (κ1) is 20.5. The van der Waals surface area contributed by atoms with E-state index < -0.39 is 5.91 Å². The van der Waals surface area contributed by atoms with E-state index in [4.69, 9.17) is 40.2 Å². The zero-order chi connectivity index (χ0) is 19.3. The number of rotatable bonds is 5. The Hall–Kier alpha value is -1.82. The van der Waals surface area contributed by atoms with Gasteiger partial charge in [-0.25, -0.2) is 0 Å². The number of ether oxygens (including phenoxy) is 1. The van der Waals surface area contributed by atoms with Crippen molar-refractivity contribution >= 4 is 52.1 Å². The van der Waals surface area contributed by atoms with Crippen LogP contribution in [0.1, 0.15) is 42.1 Å². The van der Waals surface area contributed by atoms with Gasteiger partial charge in [0.25, 0.3) is 5.91 Å². The zero-order valence-corrected chi connectivity index (χ0v) is 17.1. The smallest absolute Gasteiger partial charge is 0.257 e. The molecule has 2 rings (SSSR count). The van der Waals surface area contributed by atoms with Crippen LogP contribution in [-0.4, -0.2) is 18.1 Å². The van der Waals surface area contributed by atoms with Crippen molar-refractivity contribution in [2.45, 2.75) is 26.2 Å². The van der Waals surface area contributed by atoms with Gasteiger partial charge < -0.3 is 10.1 Å². The quantitative estimate of drug-likeness (QED) is 0.625. The third-order valence-electron chi connectivity index (χ3n) is 4.04. The minimum atomic E-state index is -0.407. The summed E-state index contributed by atoms with van der Waals surface area (Å²) < 4.78 is 5.08. The van der Waals surface area contributed by atoms with Crippen molar-refractivity contribution in [2.24, 2.45) is 0 Å². The molecule has 4 nitrogen and oxygen atoms in total. The number of amides is 1. The molecule has 0 heterocycles. The van der Waals surface area contributed by atoms with Gasteiger partial charge in [0.1, 0.15) is 0 Å². The van der Waals surface area contributed by atoms with E-state index in [9.17, 15) is 4.79 Å². The third-order valence-corrected chi connectivity index (χ3v) is 4.81. The van der Waals surface area contributed by atoms with Crippen LogP contribution in [0.25, 0.3) is 0 Å². The summed E-state index contributed by atoms with van der Waals surface area (Å²) in [5, 5.41) is 6.45. The van der Waals surface area contributed by atoms with Crippen molar-refractivity contribution in [3.63, 3.8) is 0 Å². The second-order valence-electron chi connectivity index (χ2n) is 5.78. The van der Waals surface area contributed by atoms with Crippen LogP contribution in [0, 0.1) is 0 Å². The second kappa shape index (κ2) is 9.21. The van der Waals surface area contributed by atoms with Crippen LogP contribution in [0.5, 0.6) is 5.75 Å². The maximum Gasteiger partial charge on any atom is 0.257 e. The molecule has 0 unspecified atom stereocenters. The van der Waals surface area contributed by atoms with Crippen molar-refractivity contribution in [3.8, 4) is 5.75 Å². The Morgan fingerprint density at radius 1 is 1.23 bits per heavy atom. The van der Waals surface area contributed by atoms with Crippen molar-refractivity contribution < 1.29 is 9.53 Å². The Morgan fingerprint density at radius 3 is 2.42 bits per heavy atom. The van der Waals surface area contributed by atoms with E-state index in [2.05, 4.69) is 24.5 Å². The van der Waals surface area contributed by atoms with Gasteiger partial charge >= 0.3 is 0 Å². The van der Waals surface area contributed by atoms with Crippen LogP contribution in [0.2, 0.25) is 10.0 Å². The number of carbonyl (C=O) groups is 1. The van der Waals surface area contributed by atoms with Gasteiger partial charge in [-0.15, -0.1) is 0 Å². The van der Waals surface area contributed by atoms with E-state index in [1.54, 1.807) is 0 Å². The maximum atomic E-state index is 12.4. The number of nitrogens with one attached hydrogen (secondary N) is 2. The molecule has 0 aliphatic rings. The van der Waals surface area contributed by atoms with Crippen LogP contribution in [-0.2, 0) is 0 Å². The summed E-state index contributed by atoms with van der Waals surface area (Å²) in [6, 6.07) is 10.8. The first-order valence-corrected chi connectivity index (χ1v) is 9.28. The normalized spacial score (nSPS) is 11.6. The van der Waals surface area contributed by atoms with Crippen LogP contribution >= 0.6 is 35.4 Å². The summed E-state index contributed by atoms with van der Waals surface area (Å²) in [5.74, 6) is 0.291. The van der Waals surface area contributed by atoms with E-state index in [0.29, 0.717) is 17.2 Å². The van der Waals surface area contributed by atoms with Gasteiger partial charge in [0.15, 0.2) is 10.9 Å². The molecule has 0 fully saturated rings. The fourth-order valence-corrected chi connectivity index (χ4v) is 3.32. The lowest BCUT2D eigenvalue weighted by Crippen LogP contribution is -2.34. The summed E-state index contributed by atoms with van der Waals surface area (Å²) in [5.41, 5.74) is 2.31. The van der Waals surface area contributed by atoms with E-state index in [-0.39, 0.29) is 15.2 Å². The number of anilines is 1. The van der Waals surface area contributed by atoms with Crippen LogP contribution < -0.4 is 15.4 Å². The second-order valence-corrected chi connectivity index (χ2v) is 7.00. The summed E-state index contributed by atoms with van der Waals surface area (Å²) in [7, 11) is 1.46. The minimum absolute atomic E-state index is 0.203. The standard InChI is InChI=1S/C19H20Cl2N2O2S/c1-4-11(2)13-7-5-6-8-16(13)22-19(26)23-18(24)12-9-14(20)17(25-3)15(21)10-12/h5-11H,4H2,1-3H3,(H2,22,23,24,26)/t11-/m1/s1. The largest absolute Gasteiger partial charge is 0.494 e. The van der Waals surface area contributed by atoms with Crippen LogP contribution in [0.15, 0.2) is 36.4 Å². The molecule has 2 aromatic carbocycles. The summed E-state index contributed by atoms with van der Waals surface area (Å²) in [4.78, 5) is 12.4. The molecule has 1 amide bonds. The fourth-order valence-electron chi connectivity index (χ4n) is 2.48. The number of hydrogen-bond donors (Lipinski definition) is 2. The highest BCUT2D eigenvalue weighted by Crippen LogP contribution is 2.33. The van der Waals surface area contributed by atoms with E-state index in [1.807, 2.05) is 24.3 Å². The molecule has 0 aliphatic carbocycles. The van der Waals surface area contributed by atoms with Gasteiger partial charge in [-0.3, -0.25) is 10.1 Å². The number of thiocarbonyl (C=S) groups is 1. The Morgan fingerprint density at radius 2 is 1.85 bits per heavy atom. The highest BCUT2D eigenvalue weighted by atomic mass is 35.5. The van der Waals surface area contributed by atoms with Crippen LogP contribution in [0.3, 0.4) is 0 Å². The summed E-state index contributed by atoms with van der Waals surface area (Å²) in [6.07, 6.45) is 1.00. The van der Waals surface area contributed by atoms with Crippen molar-refractivity contribution in [3.05, 3.63) is 57.6 Å². The molecule has 7 heteroatoms. The molecule has 0 saturated carbocycles. The monoisotopic (exact) mass is 410 g/mol. The summed E-state index contributed by atoms with van der Waals surface area (Å²) in [6.45, 7) is 4.27. The molecule has 0 aliphatic heterocycles.